The molecule has 2 N–H and O–H groups in total. The first kappa shape index (κ1) is 18.5. The number of carbonyl (C=O) groups is 2. The highest BCUT2D eigenvalue weighted by atomic mass is 35.5. The zero-order valence-electron chi connectivity index (χ0n) is 13.7. The number of carboxylic acid groups (broad SMARTS) is 1. The Kier molecular flexibility index (Phi) is 5.19. The maximum Gasteiger partial charge on any atom is 0.337 e. The van der Waals surface area contributed by atoms with Gasteiger partial charge in [0.2, 0.25) is 0 Å². The SMILES string of the molecule is O=C(Nc1cc(-c2ccc(F)c(F)c2)ccc1C(=O)O)c1ccc(Cl)cc1. The molecular formula is C20H12ClF2NO3. The quantitative estimate of drug-likeness (QED) is 0.643. The lowest BCUT2D eigenvalue weighted by Crippen LogP contribution is -2.14. The van der Waals surface area contributed by atoms with Gasteiger partial charge in [-0.3, -0.25) is 4.79 Å². The molecule has 0 spiro atoms. The van der Waals surface area contributed by atoms with E-state index in [-0.39, 0.29) is 16.8 Å². The maximum atomic E-state index is 13.5. The van der Waals surface area contributed by atoms with Gasteiger partial charge in [0.05, 0.1) is 11.3 Å². The van der Waals surface area contributed by atoms with Crippen molar-refractivity contribution in [3.05, 3.63) is 88.4 Å². The summed E-state index contributed by atoms with van der Waals surface area (Å²) >= 11 is 5.79. The van der Waals surface area contributed by atoms with Gasteiger partial charge in [0, 0.05) is 10.6 Å². The summed E-state index contributed by atoms with van der Waals surface area (Å²) < 4.78 is 26.6. The summed E-state index contributed by atoms with van der Waals surface area (Å²) in [4.78, 5) is 23.8. The van der Waals surface area contributed by atoms with E-state index in [1.165, 1.54) is 48.5 Å². The highest BCUT2D eigenvalue weighted by molar-refractivity contribution is 6.30. The van der Waals surface area contributed by atoms with Crippen molar-refractivity contribution >= 4 is 29.2 Å². The smallest absolute Gasteiger partial charge is 0.337 e. The third-order valence-corrected chi connectivity index (χ3v) is 4.11. The molecule has 3 aromatic rings. The summed E-state index contributed by atoms with van der Waals surface area (Å²) in [5.74, 6) is -3.78. The van der Waals surface area contributed by atoms with Crippen LogP contribution in [0.1, 0.15) is 20.7 Å². The molecule has 0 aliphatic carbocycles. The lowest BCUT2D eigenvalue weighted by atomic mass is 10.0. The van der Waals surface area contributed by atoms with Crippen LogP contribution < -0.4 is 5.32 Å². The van der Waals surface area contributed by atoms with Gasteiger partial charge in [-0.1, -0.05) is 23.7 Å². The van der Waals surface area contributed by atoms with E-state index >= 15 is 0 Å². The number of hydrogen-bond donors (Lipinski definition) is 2. The van der Waals surface area contributed by atoms with E-state index in [2.05, 4.69) is 5.32 Å². The van der Waals surface area contributed by atoms with Gasteiger partial charge in [-0.25, -0.2) is 13.6 Å². The van der Waals surface area contributed by atoms with Crippen molar-refractivity contribution in [1.82, 2.24) is 0 Å². The summed E-state index contributed by atoms with van der Waals surface area (Å²) in [5, 5.41) is 12.3. The van der Waals surface area contributed by atoms with E-state index in [1.807, 2.05) is 0 Å². The summed E-state index contributed by atoms with van der Waals surface area (Å²) in [6.45, 7) is 0. The van der Waals surface area contributed by atoms with Gasteiger partial charge in [0.15, 0.2) is 11.6 Å². The molecule has 7 heteroatoms. The largest absolute Gasteiger partial charge is 0.478 e. The fourth-order valence-electron chi connectivity index (χ4n) is 2.49. The van der Waals surface area contributed by atoms with Crippen LogP contribution in [0.2, 0.25) is 5.02 Å². The van der Waals surface area contributed by atoms with E-state index in [0.717, 1.165) is 12.1 Å². The van der Waals surface area contributed by atoms with Gasteiger partial charge in [-0.2, -0.15) is 0 Å². The monoisotopic (exact) mass is 387 g/mol. The maximum absolute atomic E-state index is 13.5. The van der Waals surface area contributed by atoms with E-state index < -0.39 is 23.5 Å². The van der Waals surface area contributed by atoms with Gasteiger partial charge in [-0.15, -0.1) is 0 Å². The number of carboxylic acids is 1. The van der Waals surface area contributed by atoms with Crippen molar-refractivity contribution in [2.24, 2.45) is 0 Å². The molecule has 0 saturated heterocycles. The number of halogens is 3. The molecular weight excluding hydrogens is 376 g/mol. The van der Waals surface area contributed by atoms with Crippen molar-refractivity contribution < 1.29 is 23.5 Å². The molecule has 0 heterocycles. The predicted octanol–water partition coefficient (Wildman–Crippen LogP) is 5.24. The first-order chi connectivity index (χ1) is 12.8. The molecule has 1 amide bonds. The number of hydrogen-bond acceptors (Lipinski definition) is 2. The molecule has 4 nitrogen and oxygen atoms in total. The third kappa shape index (κ3) is 4.12. The average Bonchev–Trinajstić information content (AvgIpc) is 2.64. The molecule has 0 unspecified atom stereocenters. The molecule has 136 valence electrons. The van der Waals surface area contributed by atoms with Crippen LogP contribution in [0.5, 0.6) is 0 Å². The number of nitrogens with one attached hydrogen (secondary N) is 1. The number of amides is 1. The molecule has 0 saturated carbocycles. The number of rotatable bonds is 4. The van der Waals surface area contributed by atoms with Crippen LogP contribution in [0.3, 0.4) is 0 Å². The van der Waals surface area contributed by atoms with Crippen LogP contribution >= 0.6 is 11.6 Å². The van der Waals surface area contributed by atoms with Crippen molar-refractivity contribution in [3.63, 3.8) is 0 Å². The summed E-state index contributed by atoms with van der Waals surface area (Å²) in [5.41, 5.74) is 0.945. The Morgan fingerprint density at radius 3 is 2.11 bits per heavy atom. The molecule has 0 radical (unpaired) electrons. The molecule has 0 bridgehead atoms. The Morgan fingerprint density at radius 1 is 0.852 bits per heavy atom. The minimum Gasteiger partial charge on any atom is -0.478 e. The number of aromatic carboxylic acids is 1. The second-order valence-electron chi connectivity index (χ2n) is 5.66. The van der Waals surface area contributed by atoms with E-state index in [1.54, 1.807) is 0 Å². The molecule has 0 aromatic heterocycles. The normalized spacial score (nSPS) is 10.5. The molecule has 0 fully saturated rings. The zero-order valence-corrected chi connectivity index (χ0v) is 14.4. The van der Waals surface area contributed by atoms with E-state index in [0.29, 0.717) is 16.1 Å². The summed E-state index contributed by atoms with van der Waals surface area (Å²) in [6.07, 6.45) is 0. The van der Waals surface area contributed by atoms with Crippen LogP contribution in [-0.4, -0.2) is 17.0 Å². The van der Waals surface area contributed by atoms with Crippen LogP contribution in [-0.2, 0) is 0 Å². The molecule has 0 aliphatic heterocycles. The fourth-order valence-corrected chi connectivity index (χ4v) is 2.61. The number of benzene rings is 3. The molecule has 0 atom stereocenters. The highest BCUT2D eigenvalue weighted by Crippen LogP contribution is 2.27. The molecule has 0 aliphatic rings. The predicted molar refractivity (Wildman–Crippen MR) is 98.2 cm³/mol. The third-order valence-electron chi connectivity index (χ3n) is 3.86. The Labute approximate surface area is 158 Å². The molecule has 3 rings (SSSR count). The standard InChI is InChI=1S/C20H12ClF2NO3/c21-14-5-1-11(2-6-14)19(25)24-18-10-13(3-7-15(18)20(26)27)12-4-8-16(22)17(23)9-12/h1-10H,(H,24,25)(H,26,27). The van der Waals surface area contributed by atoms with Crippen LogP contribution in [0.15, 0.2) is 60.7 Å². The molecule has 3 aromatic carbocycles. The van der Waals surface area contributed by atoms with Gasteiger partial charge < -0.3 is 10.4 Å². The summed E-state index contributed by atoms with van der Waals surface area (Å²) in [7, 11) is 0. The van der Waals surface area contributed by atoms with Crippen LogP contribution in [0.25, 0.3) is 11.1 Å². The topological polar surface area (TPSA) is 66.4 Å². The molecule has 27 heavy (non-hydrogen) atoms. The Morgan fingerprint density at radius 2 is 1.48 bits per heavy atom. The first-order valence-electron chi connectivity index (χ1n) is 7.75. The fraction of sp³-hybridized carbons (Fsp3) is 0. The Hall–Kier alpha value is -3.25. The highest BCUT2D eigenvalue weighted by Gasteiger charge is 2.15. The second kappa shape index (κ2) is 7.55. The Bertz CT molecular complexity index is 1040. The van der Waals surface area contributed by atoms with Gasteiger partial charge in [0.1, 0.15) is 0 Å². The van der Waals surface area contributed by atoms with Crippen molar-refractivity contribution in [2.75, 3.05) is 5.32 Å². The van der Waals surface area contributed by atoms with Crippen LogP contribution in [0, 0.1) is 11.6 Å². The van der Waals surface area contributed by atoms with Crippen molar-refractivity contribution in [2.45, 2.75) is 0 Å². The van der Waals surface area contributed by atoms with Gasteiger partial charge >= 0.3 is 5.97 Å². The Balaban J connectivity index is 1.99. The number of anilines is 1. The van der Waals surface area contributed by atoms with Gasteiger partial charge in [0.25, 0.3) is 5.91 Å². The summed E-state index contributed by atoms with van der Waals surface area (Å²) in [6, 6.07) is 13.5. The second-order valence-corrected chi connectivity index (χ2v) is 6.09. The zero-order chi connectivity index (χ0) is 19.6. The minimum atomic E-state index is -1.24. The minimum absolute atomic E-state index is 0.0321. The van der Waals surface area contributed by atoms with Gasteiger partial charge in [-0.05, 0) is 59.7 Å². The van der Waals surface area contributed by atoms with Crippen LogP contribution in [0.4, 0.5) is 14.5 Å². The lowest BCUT2D eigenvalue weighted by molar-refractivity contribution is 0.0698. The van der Waals surface area contributed by atoms with Crippen molar-refractivity contribution in [1.29, 1.82) is 0 Å². The first-order valence-corrected chi connectivity index (χ1v) is 8.12. The van der Waals surface area contributed by atoms with E-state index in [4.69, 9.17) is 11.6 Å². The average molecular weight is 388 g/mol. The number of carbonyl (C=O) groups excluding carboxylic acids is 1. The van der Waals surface area contributed by atoms with E-state index in [9.17, 15) is 23.5 Å². The van der Waals surface area contributed by atoms with Crippen molar-refractivity contribution in [3.8, 4) is 11.1 Å². The lowest BCUT2D eigenvalue weighted by Gasteiger charge is -2.11.